The fourth-order valence-corrected chi connectivity index (χ4v) is 10.0. The molecule has 34 heavy (non-hydrogen) atoms. The third-order valence-corrected chi connectivity index (χ3v) is 11.7. The Morgan fingerprint density at radius 3 is 2.44 bits per heavy atom. The Morgan fingerprint density at radius 2 is 1.76 bits per heavy atom. The van der Waals surface area contributed by atoms with Gasteiger partial charge in [-0.25, -0.2) is 0 Å². The van der Waals surface area contributed by atoms with E-state index in [1.165, 1.54) is 11.1 Å². The van der Waals surface area contributed by atoms with E-state index in [2.05, 4.69) is 60.6 Å². The van der Waals surface area contributed by atoms with Gasteiger partial charge in [0, 0.05) is 23.2 Å². The number of hydrogen-bond acceptors (Lipinski definition) is 4. The molecule has 5 rings (SSSR count). The standard InChI is InChI=1S/C30H46O4/c1-17(2)14-18-15-19(26(33)34-18)20-8-9-21-28(20,5)12-10-22-29(6)13-11-24(31)27(3,4)23(29)16-25(32)30(21,22)7/h9,14,18-20,22-23,25-26,32-33H,8,10-13,15-16H2,1-7H3/t18-,19-,20-,22+,23-,25+,26?,28-,29+,30-/m0/s1. The number of Topliss-reactive ketones (excluding diaryl/α,β-unsaturated/α-hetero) is 1. The quantitative estimate of drug-likeness (QED) is 0.499. The lowest BCUT2D eigenvalue weighted by Gasteiger charge is -2.67. The van der Waals surface area contributed by atoms with Crippen molar-refractivity contribution in [3.8, 4) is 0 Å². The Bertz CT molecular complexity index is 928. The molecule has 0 radical (unpaired) electrons. The SMILES string of the molecule is CC(C)=C[C@H]1C[C@@H]([C@@H]2CC=C3[C@]4(C)[C@H](O)C[C@H]5C(C)(C)C(=O)CC[C@]5(C)[C@H]4CC[C@]32C)C(O)O1. The smallest absolute Gasteiger partial charge is 0.158 e. The highest BCUT2D eigenvalue weighted by Gasteiger charge is 2.68. The molecule has 0 aromatic carbocycles. The lowest BCUT2D eigenvalue weighted by molar-refractivity contribution is -0.192. The van der Waals surface area contributed by atoms with Crippen LogP contribution in [0.25, 0.3) is 0 Å². The molecule has 10 atom stereocenters. The topological polar surface area (TPSA) is 66.8 Å². The van der Waals surface area contributed by atoms with Gasteiger partial charge in [0.2, 0.25) is 0 Å². The highest BCUT2D eigenvalue weighted by atomic mass is 16.6. The summed E-state index contributed by atoms with van der Waals surface area (Å²) in [6, 6.07) is 0. The minimum atomic E-state index is -0.718. The first-order valence-electron chi connectivity index (χ1n) is 13.7. The summed E-state index contributed by atoms with van der Waals surface area (Å²) in [5.41, 5.74) is 2.06. The third-order valence-electron chi connectivity index (χ3n) is 11.7. The predicted octanol–water partition coefficient (Wildman–Crippen LogP) is 5.82. The number of ether oxygens (including phenoxy) is 1. The van der Waals surface area contributed by atoms with Crippen molar-refractivity contribution < 1.29 is 19.7 Å². The number of rotatable bonds is 2. The summed E-state index contributed by atoms with van der Waals surface area (Å²) in [5, 5.41) is 22.7. The summed E-state index contributed by atoms with van der Waals surface area (Å²) in [6.45, 7) is 15.6. The minimum Gasteiger partial charge on any atom is -0.392 e. The largest absolute Gasteiger partial charge is 0.392 e. The van der Waals surface area contributed by atoms with E-state index >= 15 is 0 Å². The van der Waals surface area contributed by atoms with Crippen LogP contribution in [0.4, 0.5) is 0 Å². The fraction of sp³-hybridized carbons (Fsp3) is 0.833. The number of carbonyl (C=O) groups is 1. The first-order valence-corrected chi connectivity index (χ1v) is 13.7. The second-order valence-electron chi connectivity index (χ2n) is 13.9. The third kappa shape index (κ3) is 3.16. The molecule has 4 heteroatoms. The van der Waals surface area contributed by atoms with Crippen LogP contribution in [-0.4, -0.2) is 34.5 Å². The highest BCUT2D eigenvalue weighted by Crippen LogP contribution is 2.73. The summed E-state index contributed by atoms with van der Waals surface area (Å²) in [6.07, 6.45) is 9.72. The molecule has 4 nitrogen and oxygen atoms in total. The summed E-state index contributed by atoms with van der Waals surface area (Å²) >= 11 is 0. The number of ketones is 1. The van der Waals surface area contributed by atoms with Crippen LogP contribution in [0.5, 0.6) is 0 Å². The van der Waals surface area contributed by atoms with Gasteiger partial charge in [-0.3, -0.25) is 4.79 Å². The van der Waals surface area contributed by atoms with Gasteiger partial charge in [0.05, 0.1) is 12.2 Å². The molecule has 1 heterocycles. The van der Waals surface area contributed by atoms with Crippen molar-refractivity contribution in [3.63, 3.8) is 0 Å². The van der Waals surface area contributed by atoms with Gasteiger partial charge in [-0.15, -0.1) is 0 Å². The molecule has 3 saturated carbocycles. The van der Waals surface area contributed by atoms with Gasteiger partial charge in [0.25, 0.3) is 0 Å². The molecule has 1 saturated heterocycles. The van der Waals surface area contributed by atoms with Crippen LogP contribution in [0.3, 0.4) is 0 Å². The molecule has 5 aliphatic rings. The lowest BCUT2D eigenvalue weighted by Crippen LogP contribution is -2.65. The summed E-state index contributed by atoms with van der Waals surface area (Å²) < 4.78 is 5.97. The normalized spacial score (nSPS) is 51.9. The number of allylic oxidation sites excluding steroid dienone is 2. The van der Waals surface area contributed by atoms with Crippen molar-refractivity contribution in [1.29, 1.82) is 0 Å². The molecule has 0 amide bonds. The maximum Gasteiger partial charge on any atom is 0.158 e. The zero-order valence-corrected chi connectivity index (χ0v) is 22.4. The molecule has 0 spiro atoms. The van der Waals surface area contributed by atoms with Crippen molar-refractivity contribution in [2.75, 3.05) is 0 Å². The number of carbonyl (C=O) groups excluding carboxylic acids is 1. The average Bonchev–Trinajstić information content (AvgIpc) is 3.26. The van der Waals surface area contributed by atoms with Crippen molar-refractivity contribution in [3.05, 3.63) is 23.3 Å². The van der Waals surface area contributed by atoms with E-state index in [0.717, 1.165) is 32.1 Å². The second-order valence-corrected chi connectivity index (χ2v) is 13.9. The number of fused-ring (bicyclic) bond motifs is 5. The molecule has 4 aliphatic carbocycles. The molecular formula is C30H46O4. The Kier molecular flexibility index (Phi) is 5.64. The average molecular weight is 471 g/mol. The molecule has 0 aromatic rings. The van der Waals surface area contributed by atoms with Crippen molar-refractivity contribution in [2.45, 2.75) is 112 Å². The highest BCUT2D eigenvalue weighted by molar-refractivity contribution is 5.85. The number of hydrogen-bond donors (Lipinski definition) is 2. The monoisotopic (exact) mass is 470 g/mol. The minimum absolute atomic E-state index is 0.00785. The van der Waals surface area contributed by atoms with E-state index in [0.29, 0.717) is 30.5 Å². The van der Waals surface area contributed by atoms with Gasteiger partial charge in [0.1, 0.15) is 5.78 Å². The first-order chi connectivity index (χ1) is 15.8. The Balaban J connectivity index is 1.47. The zero-order valence-electron chi connectivity index (χ0n) is 22.4. The summed E-state index contributed by atoms with van der Waals surface area (Å²) in [4.78, 5) is 12.9. The molecule has 4 fully saturated rings. The van der Waals surface area contributed by atoms with E-state index in [4.69, 9.17) is 4.74 Å². The molecule has 0 bridgehead atoms. The first kappa shape index (κ1) is 24.7. The van der Waals surface area contributed by atoms with Gasteiger partial charge >= 0.3 is 0 Å². The van der Waals surface area contributed by atoms with Crippen LogP contribution in [0.2, 0.25) is 0 Å². The lowest BCUT2D eigenvalue weighted by atomic mass is 9.37. The summed E-state index contributed by atoms with van der Waals surface area (Å²) in [7, 11) is 0. The Morgan fingerprint density at radius 1 is 1.06 bits per heavy atom. The van der Waals surface area contributed by atoms with Crippen LogP contribution in [0, 0.1) is 45.3 Å². The zero-order chi connectivity index (χ0) is 24.8. The number of aliphatic hydroxyl groups is 2. The van der Waals surface area contributed by atoms with Crippen LogP contribution < -0.4 is 0 Å². The van der Waals surface area contributed by atoms with E-state index < -0.39 is 12.4 Å². The second kappa shape index (κ2) is 7.76. The predicted molar refractivity (Wildman–Crippen MR) is 134 cm³/mol. The van der Waals surface area contributed by atoms with E-state index in [1.807, 2.05) is 0 Å². The van der Waals surface area contributed by atoms with Gasteiger partial charge in [0.15, 0.2) is 6.29 Å². The van der Waals surface area contributed by atoms with Gasteiger partial charge < -0.3 is 14.9 Å². The number of aliphatic hydroxyl groups excluding tert-OH is 2. The van der Waals surface area contributed by atoms with Crippen LogP contribution in [-0.2, 0) is 9.53 Å². The van der Waals surface area contributed by atoms with Gasteiger partial charge in [-0.2, -0.15) is 0 Å². The maximum atomic E-state index is 12.9. The van der Waals surface area contributed by atoms with E-state index in [1.54, 1.807) is 0 Å². The molecule has 1 unspecified atom stereocenters. The van der Waals surface area contributed by atoms with Crippen molar-refractivity contribution in [2.24, 2.45) is 45.3 Å². The van der Waals surface area contributed by atoms with Gasteiger partial charge in [-0.05, 0) is 81.0 Å². The molecular weight excluding hydrogens is 424 g/mol. The van der Waals surface area contributed by atoms with E-state index in [9.17, 15) is 15.0 Å². The van der Waals surface area contributed by atoms with Crippen molar-refractivity contribution in [1.82, 2.24) is 0 Å². The Hall–Kier alpha value is -0.970. The Labute approximate surface area is 206 Å². The summed E-state index contributed by atoms with van der Waals surface area (Å²) in [5.74, 6) is 1.43. The maximum absolute atomic E-state index is 12.9. The molecule has 0 aromatic heterocycles. The molecule has 1 aliphatic heterocycles. The fourth-order valence-electron chi connectivity index (χ4n) is 10.0. The van der Waals surface area contributed by atoms with E-state index in [-0.39, 0.29) is 39.6 Å². The molecule has 2 N–H and O–H groups in total. The van der Waals surface area contributed by atoms with Crippen LogP contribution in [0.15, 0.2) is 23.3 Å². The molecule has 190 valence electrons. The van der Waals surface area contributed by atoms with Crippen LogP contribution in [0.1, 0.15) is 93.4 Å². The van der Waals surface area contributed by atoms with Crippen molar-refractivity contribution >= 4 is 5.78 Å². The van der Waals surface area contributed by atoms with Crippen LogP contribution >= 0.6 is 0 Å². The van der Waals surface area contributed by atoms with Gasteiger partial charge in [-0.1, -0.05) is 57.9 Å².